The summed E-state index contributed by atoms with van der Waals surface area (Å²) in [6.07, 6.45) is 2.77. The molecule has 1 spiro atoms. The molecule has 2 aromatic rings. The van der Waals surface area contributed by atoms with Crippen molar-refractivity contribution in [2.75, 3.05) is 30.8 Å². The summed E-state index contributed by atoms with van der Waals surface area (Å²) < 4.78 is 11.0. The molecule has 1 saturated heterocycles. The fourth-order valence-corrected chi connectivity index (χ4v) is 4.14. The number of para-hydroxylation sites is 1. The van der Waals surface area contributed by atoms with Gasteiger partial charge in [0.05, 0.1) is 23.5 Å². The summed E-state index contributed by atoms with van der Waals surface area (Å²) in [6, 6.07) is 12.3. The van der Waals surface area contributed by atoms with Gasteiger partial charge >= 0.3 is 6.09 Å². The highest BCUT2D eigenvalue weighted by atomic mass is 35.5. The number of carbonyl (C=O) groups is 3. The molecule has 2 aromatic carbocycles. The molecule has 9 heteroatoms. The Morgan fingerprint density at radius 3 is 2.66 bits per heavy atom. The number of rotatable bonds is 4. The first-order valence-electron chi connectivity index (χ1n) is 10.1. The first-order chi connectivity index (χ1) is 15.4. The molecule has 166 valence electrons. The number of methoxy groups -OCH3 is 1. The van der Waals surface area contributed by atoms with E-state index in [1.54, 1.807) is 48.4 Å². The van der Waals surface area contributed by atoms with Crippen LogP contribution in [0.15, 0.2) is 54.6 Å². The topological polar surface area (TPSA) is 97.0 Å². The van der Waals surface area contributed by atoms with Gasteiger partial charge in [-0.15, -0.1) is 0 Å². The predicted octanol–water partition coefficient (Wildman–Crippen LogP) is 3.92. The molecule has 32 heavy (non-hydrogen) atoms. The van der Waals surface area contributed by atoms with Gasteiger partial charge in [0.25, 0.3) is 0 Å². The summed E-state index contributed by atoms with van der Waals surface area (Å²) >= 11 is 6.03. The lowest BCUT2D eigenvalue weighted by Crippen LogP contribution is -2.49. The zero-order valence-corrected chi connectivity index (χ0v) is 18.1. The van der Waals surface area contributed by atoms with Crippen molar-refractivity contribution in [2.24, 2.45) is 0 Å². The molecule has 2 heterocycles. The van der Waals surface area contributed by atoms with Crippen LogP contribution in [0.3, 0.4) is 0 Å². The quantitative estimate of drug-likeness (QED) is 0.681. The maximum atomic E-state index is 12.6. The first-order valence-corrected chi connectivity index (χ1v) is 10.5. The lowest BCUT2D eigenvalue weighted by Gasteiger charge is -2.44. The van der Waals surface area contributed by atoms with Gasteiger partial charge in [0.2, 0.25) is 11.8 Å². The second-order valence-electron chi connectivity index (χ2n) is 7.55. The molecule has 0 radical (unpaired) electrons. The number of hydrogen-bond donors (Lipinski definition) is 2. The molecular weight excluding hydrogens is 434 g/mol. The van der Waals surface area contributed by atoms with E-state index in [1.807, 2.05) is 6.07 Å². The van der Waals surface area contributed by atoms with Crippen molar-refractivity contribution in [3.8, 4) is 5.75 Å². The second kappa shape index (κ2) is 8.92. The van der Waals surface area contributed by atoms with Crippen molar-refractivity contribution in [3.63, 3.8) is 0 Å². The molecule has 2 aliphatic rings. The van der Waals surface area contributed by atoms with Gasteiger partial charge in [0, 0.05) is 43.6 Å². The molecule has 0 bridgehead atoms. The average Bonchev–Trinajstić information content (AvgIpc) is 2.79. The van der Waals surface area contributed by atoms with E-state index in [4.69, 9.17) is 21.1 Å². The highest BCUT2D eigenvalue weighted by Crippen LogP contribution is 2.44. The third-order valence-electron chi connectivity index (χ3n) is 5.63. The van der Waals surface area contributed by atoms with Crippen LogP contribution < -0.4 is 15.4 Å². The molecule has 4 rings (SSSR count). The molecule has 1 fully saturated rings. The number of ether oxygens (including phenoxy) is 2. The van der Waals surface area contributed by atoms with Crippen molar-refractivity contribution in [1.82, 2.24) is 4.90 Å². The summed E-state index contributed by atoms with van der Waals surface area (Å²) in [7, 11) is 1.58. The van der Waals surface area contributed by atoms with Crippen molar-refractivity contribution >= 4 is 40.9 Å². The Hall–Kier alpha value is -3.52. The van der Waals surface area contributed by atoms with Crippen LogP contribution in [0.2, 0.25) is 5.02 Å². The number of piperidine rings is 1. The van der Waals surface area contributed by atoms with Crippen LogP contribution in [0.4, 0.5) is 16.2 Å². The maximum absolute atomic E-state index is 12.6. The van der Waals surface area contributed by atoms with Crippen LogP contribution >= 0.6 is 11.6 Å². The lowest BCUT2D eigenvalue weighted by molar-refractivity contribution is -0.130. The van der Waals surface area contributed by atoms with E-state index in [2.05, 4.69) is 10.6 Å². The van der Waals surface area contributed by atoms with E-state index in [0.29, 0.717) is 48.1 Å². The van der Waals surface area contributed by atoms with Crippen molar-refractivity contribution in [3.05, 3.63) is 65.2 Å². The van der Waals surface area contributed by atoms with E-state index in [-0.39, 0.29) is 5.91 Å². The molecular formula is C23H22ClN3O5. The molecule has 0 aliphatic carbocycles. The highest BCUT2D eigenvalue weighted by Gasteiger charge is 2.45. The first kappa shape index (κ1) is 21.7. The second-order valence-corrected chi connectivity index (χ2v) is 7.96. The van der Waals surface area contributed by atoms with E-state index < -0.39 is 17.6 Å². The SMILES string of the molecule is COc1ccc2c(c1)C1(CCN(C(=O)C=CC(=O)Nc3ccccc3Cl)CC1)OC(=O)N2. The minimum absolute atomic E-state index is 0.291. The molecule has 2 N–H and O–H groups in total. The van der Waals surface area contributed by atoms with Gasteiger partial charge in [-0.05, 0) is 30.3 Å². The van der Waals surface area contributed by atoms with Gasteiger partial charge in [0.1, 0.15) is 11.4 Å². The number of nitrogens with one attached hydrogen (secondary N) is 2. The zero-order valence-electron chi connectivity index (χ0n) is 17.4. The fourth-order valence-electron chi connectivity index (χ4n) is 3.95. The molecule has 3 amide bonds. The molecule has 0 atom stereocenters. The van der Waals surface area contributed by atoms with E-state index in [1.165, 1.54) is 12.2 Å². The van der Waals surface area contributed by atoms with Crippen molar-refractivity contribution in [2.45, 2.75) is 18.4 Å². The normalized spacial score (nSPS) is 16.8. The number of likely N-dealkylation sites (tertiary alicyclic amines) is 1. The smallest absolute Gasteiger partial charge is 0.412 e. The van der Waals surface area contributed by atoms with E-state index >= 15 is 0 Å². The number of benzene rings is 2. The summed E-state index contributed by atoms with van der Waals surface area (Å²) in [5.74, 6) is -0.0811. The van der Waals surface area contributed by atoms with Gasteiger partial charge in [0.15, 0.2) is 0 Å². The Morgan fingerprint density at radius 1 is 1.19 bits per heavy atom. The number of carbonyl (C=O) groups excluding carboxylic acids is 3. The van der Waals surface area contributed by atoms with Crippen LogP contribution in [-0.2, 0) is 19.9 Å². The van der Waals surface area contributed by atoms with Gasteiger partial charge in [-0.2, -0.15) is 0 Å². The van der Waals surface area contributed by atoms with Crippen molar-refractivity contribution in [1.29, 1.82) is 0 Å². The average molecular weight is 456 g/mol. The van der Waals surface area contributed by atoms with Crippen LogP contribution in [0, 0.1) is 0 Å². The largest absolute Gasteiger partial charge is 0.497 e. The number of hydrogen-bond acceptors (Lipinski definition) is 5. The minimum Gasteiger partial charge on any atom is -0.497 e. The zero-order chi connectivity index (χ0) is 22.7. The summed E-state index contributed by atoms with van der Waals surface area (Å²) in [5.41, 5.74) is 1.16. The molecule has 0 saturated carbocycles. The van der Waals surface area contributed by atoms with Gasteiger partial charge in [-0.25, -0.2) is 4.79 Å². The third-order valence-corrected chi connectivity index (χ3v) is 5.96. The standard InChI is InChI=1S/C23H22ClN3O5/c1-31-15-6-7-18-16(14-15)23(32-22(30)26-18)10-12-27(13-11-23)21(29)9-8-20(28)25-19-5-3-2-4-17(19)24/h2-9,14H,10-13H2,1H3,(H,25,28)(H,26,30). The Labute approximate surface area is 190 Å². The monoisotopic (exact) mass is 455 g/mol. The van der Waals surface area contributed by atoms with Crippen LogP contribution in [0.25, 0.3) is 0 Å². The van der Waals surface area contributed by atoms with E-state index in [9.17, 15) is 14.4 Å². The molecule has 0 unspecified atom stereocenters. The fraction of sp³-hybridized carbons (Fsp3) is 0.261. The van der Waals surface area contributed by atoms with Crippen molar-refractivity contribution < 1.29 is 23.9 Å². The number of amides is 3. The minimum atomic E-state index is -0.825. The van der Waals surface area contributed by atoms with Gasteiger partial charge < -0.3 is 19.7 Å². The van der Waals surface area contributed by atoms with Gasteiger partial charge in [-0.1, -0.05) is 23.7 Å². The number of nitrogens with zero attached hydrogens (tertiary/aromatic N) is 1. The summed E-state index contributed by atoms with van der Waals surface area (Å²) in [6.45, 7) is 0.748. The number of fused-ring (bicyclic) bond motifs is 2. The Bertz CT molecular complexity index is 1090. The Kier molecular flexibility index (Phi) is 6.05. The number of halogens is 1. The maximum Gasteiger partial charge on any atom is 0.412 e. The highest BCUT2D eigenvalue weighted by molar-refractivity contribution is 6.33. The van der Waals surface area contributed by atoms with Crippen LogP contribution in [-0.4, -0.2) is 43.0 Å². The lowest BCUT2D eigenvalue weighted by atomic mass is 9.82. The van der Waals surface area contributed by atoms with Crippen LogP contribution in [0.1, 0.15) is 18.4 Å². The number of anilines is 2. The Balaban J connectivity index is 1.41. The molecule has 2 aliphatic heterocycles. The van der Waals surface area contributed by atoms with Gasteiger partial charge in [-0.3, -0.25) is 14.9 Å². The Morgan fingerprint density at radius 2 is 1.94 bits per heavy atom. The predicted molar refractivity (Wildman–Crippen MR) is 120 cm³/mol. The summed E-state index contributed by atoms with van der Waals surface area (Å²) in [4.78, 5) is 38.5. The molecule has 0 aromatic heterocycles. The van der Waals surface area contributed by atoms with Crippen LogP contribution in [0.5, 0.6) is 5.75 Å². The summed E-state index contributed by atoms with van der Waals surface area (Å²) in [5, 5.41) is 5.76. The molecule has 8 nitrogen and oxygen atoms in total. The third kappa shape index (κ3) is 4.40. The van der Waals surface area contributed by atoms with E-state index in [0.717, 1.165) is 5.56 Å².